The number of nitrogens with one attached hydrogen (secondary N) is 2. The topological polar surface area (TPSA) is 71.2 Å². The summed E-state index contributed by atoms with van der Waals surface area (Å²) in [4.78, 5) is 27.1. The maximum absolute atomic E-state index is 12.5. The fourth-order valence-corrected chi connectivity index (χ4v) is 3.68. The first kappa shape index (κ1) is 20.4. The minimum absolute atomic E-state index is 0.00599. The Morgan fingerprint density at radius 2 is 1.65 bits per heavy atom. The zero-order valence-electron chi connectivity index (χ0n) is 17.3. The Labute approximate surface area is 181 Å². The molecule has 0 aliphatic carbocycles. The largest absolute Gasteiger partial charge is 0.484 e. The van der Waals surface area contributed by atoms with E-state index in [1.807, 2.05) is 42.6 Å². The van der Waals surface area contributed by atoms with Crippen LogP contribution < -0.4 is 10.1 Å². The maximum Gasteiger partial charge on any atom is 0.257 e. The van der Waals surface area contributed by atoms with Gasteiger partial charge < -0.3 is 15.0 Å². The van der Waals surface area contributed by atoms with E-state index in [9.17, 15) is 9.59 Å². The first-order valence-corrected chi connectivity index (χ1v) is 10.2. The van der Waals surface area contributed by atoms with E-state index in [1.54, 1.807) is 24.3 Å². The van der Waals surface area contributed by atoms with E-state index in [0.717, 1.165) is 22.0 Å². The molecule has 1 heterocycles. The van der Waals surface area contributed by atoms with E-state index >= 15 is 0 Å². The van der Waals surface area contributed by atoms with Gasteiger partial charge in [-0.15, -0.1) is 0 Å². The van der Waals surface area contributed by atoms with Gasteiger partial charge in [-0.2, -0.15) is 0 Å². The lowest BCUT2D eigenvalue weighted by Gasteiger charge is -2.18. The van der Waals surface area contributed by atoms with Crippen LogP contribution in [0.2, 0.25) is 0 Å². The summed E-state index contributed by atoms with van der Waals surface area (Å²) in [5, 5.41) is 4.15. The van der Waals surface area contributed by atoms with E-state index in [1.165, 1.54) is 6.92 Å². The van der Waals surface area contributed by atoms with Gasteiger partial charge in [-0.25, -0.2) is 0 Å². The van der Waals surface area contributed by atoms with E-state index in [2.05, 4.69) is 28.5 Å². The van der Waals surface area contributed by atoms with Gasteiger partial charge in [0.15, 0.2) is 12.4 Å². The molecule has 0 bridgehead atoms. The molecule has 4 rings (SSSR count). The number of hydrogen-bond acceptors (Lipinski definition) is 3. The van der Waals surface area contributed by atoms with Gasteiger partial charge >= 0.3 is 0 Å². The second kappa shape index (κ2) is 9.30. The zero-order chi connectivity index (χ0) is 21.6. The molecule has 31 heavy (non-hydrogen) atoms. The number of amides is 1. The van der Waals surface area contributed by atoms with Crippen molar-refractivity contribution in [3.05, 3.63) is 102 Å². The Morgan fingerprint density at radius 3 is 2.39 bits per heavy atom. The number of Topliss-reactive ketones (excluding diaryl/α,β-unsaturated/α-hetero) is 1. The molecule has 0 saturated heterocycles. The summed E-state index contributed by atoms with van der Waals surface area (Å²) in [6, 6.07) is 25.1. The smallest absolute Gasteiger partial charge is 0.257 e. The number of aromatic amines is 1. The average Bonchev–Trinajstić information content (AvgIpc) is 3.23. The summed E-state index contributed by atoms with van der Waals surface area (Å²) in [6.45, 7) is 1.88. The molecule has 156 valence electrons. The zero-order valence-corrected chi connectivity index (χ0v) is 17.3. The Kier molecular flexibility index (Phi) is 6.13. The molecule has 3 aromatic carbocycles. The molecular formula is C26H24N2O3. The molecule has 0 spiro atoms. The summed E-state index contributed by atoms with van der Waals surface area (Å²) in [5.41, 5.74) is 3.96. The van der Waals surface area contributed by atoms with Gasteiger partial charge in [0.2, 0.25) is 0 Å². The molecular weight excluding hydrogens is 388 g/mol. The molecule has 0 saturated carbocycles. The van der Waals surface area contributed by atoms with Gasteiger partial charge in [0.05, 0.1) is 0 Å². The van der Waals surface area contributed by atoms with Gasteiger partial charge in [-0.1, -0.05) is 48.5 Å². The monoisotopic (exact) mass is 412 g/mol. The summed E-state index contributed by atoms with van der Waals surface area (Å²) in [6.07, 6.45) is 2.02. The molecule has 1 aromatic heterocycles. The molecule has 1 unspecified atom stereocenters. The van der Waals surface area contributed by atoms with E-state index in [0.29, 0.717) is 17.9 Å². The van der Waals surface area contributed by atoms with Crippen molar-refractivity contribution in [3.8, 4) is 5.75 Å². The van der Waals surface area contributed by atoms with Crippen LogP contribution >= 0.6 is 0 Å². The Morgan fingerprint density at radius 1 is 0.935 bits per heavy atom. The molecule has 0 fully saturated rings. The highest BCUT2D eigenvalue weighted by Crippen LogP contribution is 2.30. The SMILES string of the molecule is CC(=O)c1ccc(OCC(=O)NCC(c2ccccc2)c2c[nH]c3ccccc23)cc1. The number of H-pyrrole nitrogens is 1. The van der Waals surface area contributed by atoms with E-state index in [4.69, 9.17) is 4.74 Å². The third kappa shape index (κ3) is 4.83. The number of benzene rings is 3. The molecule has 0 aliphatic heterocycles. The van der Waals surface area contributed by atoms with Gasteiger partial charge in [0.25, 0.3) is 5.91 Å². The molecule has 1 amide bonds. The minimum atomic E-state index is -0.198. The molecule has 5 heteroatoms. The van der Waals surface area contributed by atoms with Crippen LogP contribution in [0.15, 0.2) is 85.1 Å². The highest BCUT2D eigenvalue weighted by molar-refractivity contribution is 5.94. The van der Waals surface area contributed by atoms with Crippen molar-refractivity contribution in [1.29, 1.82) is 0 Å². The average molecular weight is 412 g/mol. The van der Waals surface area contributed by atoms with Gasteiger partial charge in [-0.3, -0.25) is 9.59 Å². The molecule has 5 nitrogen and oxygen atoms in total. The Bertz CT molecular complexity index is 1180. The van der Waals surface area contributed by atoms with Crippen LogP contribution in [-0.2, 0) is 4.79 Å². The Hall–Kier alpha value is -3.86. The second-order valence-corrected chi connectivity index (χ2v) is 7.43. The number of carbonyl (C=O) groups is 2. The predicted octanol–water partition coefficient (Wildman–Crippen LogP) is 4.70. The van der Waals surface area contributed by atoms with Crippen LogP contribution in [-0.4, -0.2) is 29.8 Å². The van der Waals surface area contributed by atoms with Gasteiger partial charge in [0.1, 0.15) is 5.75 Å². The first-order valence-electron chi connectivity index (χ1n) is 10.2. The quantitative estimate of drug-likeness (QED) is 0.412. The van der Waals surface area contributed by atoms with Crippen molar-refractivity contribution >= 4 is 22.6 Å². The van der Waals surface area contributed by atoms with E-state index in [-0.39, 0.29) is 24.2 Å². The number of fused-ring (bicyclic) bond motifs is 1. The number of aromatic nitrogens is 1. The molecule has 1 atom stereocenters. The van der Waals surface area contributed by atoms with Crippen LogP contribution in [0.1, 0.15) is 34.3 Å². The van der Waals surface area contributed by atoms with Crippen LogP contribution in [0.3, 0.4) is 0 Å². The summed E-state index contributed by atoms with van der Waals surface area (Å²) in [5.74, 6) is 0.359. The lowest BCUT2D eigenvalue weighted by atomic mass is 9.91. The number of ether oxygens (including phenoxy) is 1. The van der Waals surface area contributed by atoms with Crippen molar-refractivity contribution in [2.24, 2.45) is 0 Å². The highest BCUT2D eigenvalue weighted by Gasteiger charge is 2.19. The maximum atomic E-state index is 12.5. The fraction of sp³-hybridized carbons (Fsp3) is 0.154. The predicted molar refractivity (Wildman–Crippen MR) is 122 cm³/mol. The van der Waals surface area contributed by atoms with Crippen LogP contribution in [0.4, 0.5) is 0 Å². The van der Waals surface area contributed by atoms with Crippen LogP contribution in [0.5, 0.6) is 5.75 Å². The number of ketones is 1. The number of carbonyl (C=O) groups excluding carboxylic acids is 2. The molecule has 0 radical (unpaired) electrons. The fourth-order valence-electron chi connectivity index (χ4n) is 3.68. The first-order chi connectivity index (χ1) is 15.1. The second-order valence-electron chi connectivity index (χ2n) is 7.43. The number of hydrogen-bond donors (Lipinski definition) is 2. The number of para-hydroxylation sites is 1. The summed E-state index contributed by atoms with van der Waals surface area (Å²) >= 11 is 0. The van der Waals surface area contributed by atoms with Crippen molar-refractivity contribution in [2.75, 3.05) is 13.2 Å². The number of rotatable bonds is 8. The highest BCUT2D eigenvalue weighted by atomic mass is 16.5. The molecule has 4 aromatic rings. The standard InChI is InChI=1S/C26H24N2O3/c1-18(29)19-11-13-21(14-12-19)31-17-26(30)28-15-23(20-7-3-2-4-8-20)24-16-27-25-10-6-5-9-22(24)25/h2-14,16,23,27H,15,17H2,1H3,(H,28,30). The molecule has 0 aliphatic rings. The minimum Gasteiger partial charge on any atom is -0.484 e. The van der Waals surface area contributed by atoms with Crippen LogP contribution in [0.25, 0.3) is 10.9 Å². The third-order valence-electron chi connectivity index (χ3n) is 5.33. The third-order valence-corrected chi connectivity index (χ3v) is 5.33. The van der Waals surface area contributed by atoms with Gasteiger partial charge in [0, 0.05) is 35.1 Å². The molecule has 2 N–H and O–H groups in total. The Balaban J connectivity index is 1.44. The lowest BCUT2D eigenvalue weighted by molar-refractivity contribution is -0.123. The summed E-state index contributed by atoms with van der Waals surface area (Å²) in [7, 11) is 0. The van der Waals surface area contributed by atoms with Crippen molar-refractivity contribution in [1.82, 2.24) is 10.3 Å². The van der Waals surface area contributed by atoms with Crippen molar-refractivity contribution in [3.63, 3.8) is 0 Å². The van der Waals surface area contributed by atoms with Crippen molar-refractivity contribution in [2.45, 2.75) is 12.8 Å². The van der Waals surface area contributed by atoms with Gasteiger partial charge in [-0.05, 0) is 48.4 Å². The van der Waals surface area contributed by atoms with E-state index < -0.39 is 0 Å². The normalized spacial score (nSPS) is 11.8. The summed E-state index contributed by atoms with van der Waals surface area (Å²) < 4.78 is 5.57. The van der Waals surface area contributed by atoms with Crippen LogP contribution in [0, 0.1) is 0 Å². The lowest BCUT2D eigenvalue weighted by Crippen LogP contribution is -2.32. The van der Waals surface area contributed by atoms with Crippen molar-refractivity contribution < 1.29 is 14.3 Å².